The van der Waals surface area contributed by atoms with Crippen molar-refractivity contribution in [2.45, 2.75) is 6.04 Å². The number of nitrogens with two attached hydrogens (primary N) is 2. The highest BCUT2D eigenvalue weighted by atomic mass is 35.5. The molecule has 4 N–H and O–H groups in total. The van der Waals surface area contributed by atoms with Gasteiger partial charge in [0.2, 0.25) is 5.95 Å². The van der Waals surface area contributed by atoms with Gasteiger partial charge in [-0.25, -0.2) is 4.98 Å². The Hall–Kier alpha value is -0.710. The average molecular weight is 190 g/mol. The van der Waals surface area contributed by atoms with E-state index in [4.69, 9.17) is 23.1 Å². The predicted molar refractivity (Wildman–Crippen MR) is 45.2 cm³/mol. The van der Waals surface area contributed by atoms with Crippen molar-refractivity contribution < 1.29 is 4.39 Å². The van der Waals surface area contributed by atoms with E-state index in [1.807, 2.05) is 0 Å². The summed E-state index contributed by atoms with van der Waals surface area (Å²) in [6, 6.07) is 1.09. The summed E-state index contributed by atoms with van der Waals surface area (Å²) in [5, 5.41) is -0.0311. The number of hydrogen-bond acceptors (Lipinski definition) is 3. The van der Waals surface area contributed by atoms with Crippen LogP contribution < -0.4 is 11.5 Å². The molecule has 0 unspecified atom stereocenters. The van der Waals surface area contributed by atoms with Crippen molar-refractivity contribution in [1.82, 2.24) is 4.98 Å². The summed E-state index contributed by atoms with van der Waals surface area (Å²) >= 11 is 5.48. The van der Waals surface area contributed by atoms with E-state index >= 15 is 0 Å². The quantitative estimate of drug-likeness (QED) is 0.678. The fourth-order valence-electron chi connectivity index (χ4n) is 0.775. The first-order valence-electron chi connectivity index (χ1n) is 3.41. The predicted octanol–water partition coefficient (Wildman–Crippen LogP) is 0.833. The molecule has 0 bridgehead atoms. The first-order valence-corrected chi connectivity index (χ1v) is 3.79. The van der Waals surface area contributed by atoms with Crippen LogP contribution in [0.5, 0.6) is 0 Å². The number of halogens is 2. The molecule has 66 valence electrons. The number of nitrogens with zero attached hydrogens (tertiary/aromatic N) is 1. The second-order valence-corrected chi connectivity index (χ2v) is 2.79. The van der Waals surface area contributed by atoms with Crippen LogP contribution >= 0.6 is 11.6 Å². The number of rotatable bonds is 2. The zero-order chi connectivity index (χ0) is 9.14. The summed E-state index contributed by atoms with van der Waals surface area (Å²) in [5.74, 6) is -0.690. The molecule has 0 amide bonds. The molecule has 0 aliphatic carbocycles. The molecule has 0 fully saturated rings. The van der Waals surface area contributed by atoms with E-state index in [0.29, 0.717) is 5.56 Å². The van der Waals surface area contributed by atoms with Crippen LogP contribution in [0.2, 0.25) is 5.02 Å². The van der Waals surface area contributed by atoms with E-state index in [1.54, 1.807) is 0 Å². The number of pyridine rings is 1. The van der Waals surface area contributed by atoms with Crippen molar-refractivity contribution in [2.24, 2.45) is 11.5 Å². The minimum atomic E-state index is -0.690. The van der Waals surface area contributed by atoms with E-state index in [0.717, 1.165) is 0 Å². The molecule has 0 saturated heterocycles. The van der Waals surface area contributed by atoms with Gasteiger partial charge in [-0.05, 0) is 11.6 Å². The SMILES string of the molecule is NC[C@H](N)c1cnc(F)c(Cl)c1. The zero-order valence-electron chi connectivity index (χ0n) is 6.30. The van der Waals surface area contributed by atoms with Crippen LogP contribution in [-0.2, 0) is 0 Å². The van der Waals surface area contributed by atoms with Gasteiger partial charge >= 0.3 is 0 Å². The van der Waals surface area contributed by atoms with Gasteiger partial charge in [-0.15, -0.1) is 0 Å². The van der Waals surface area contributed by atoms with E-state index in [1.165, 1.54) is 12.3 Å². The molecule has 1 aromatic rings. The maximum Gasteiger partial charge on any atom is 0.231 e. The summed E-state index contributed by atoms with van der Waals surface area (Å²) < 4.78 is 12.6. The highest BCUT2D eigenvalue weighted by molar-refractivity contribution is 6.30. The van der Waals surface area contributed by atoms with Gasteiger partial charge in [-0.2, -0.15) is 4.39 Å². The molecule has 12 heavy (non-hydrogen) atoms. The standard InChI is InChI=1S/C7H9ClFN3/c8-5-1-4(6(11)2-10)3-12-7(5)9/h1,3,6H,2,10-11H2/t6-/m0/s1. The number of hydrogen-bond donors (Lipinski definition) is 2. The van der Waals surface area contributed by atoms with Crippen molar-refractivity contribution in [3.05, 3.63) is 28.8 Å². The fraction of sp³-hybridized carbons (Fsp3) is 0.286. The summed E-state index contributed by atoms with van der Waals surface area (Å²) in [6.45, 7) is 0.281. The molecular formula is C7H9ClFN3. The van der Waals surface area contributed by atoms with E-state index < -0.39 is 5.95 Å². The Morgan fingerprint density at radius 1 is 1.67 bits per heavy atom. The Bertz CT molecular complexity index is 279. The Balaban J connectivity index is 2.96. The van der Waals surface area contributed by atoms with Crippen molar-refractivity contribution >= 4 is 11.6 Å². The first kappa shape index (κ1) is 9.38. The molecule has 1 rings (SSSR count). The van der Waals surface area contributed by atoms with Gasteiger partial charge in [-0.1, -0.05) is 11.6 Å². The van der Waals surface area contributed by atoms with Crippen molar-refractivity contribution in [3.63, 3.8) is 0 Å². The Labute approximate surface area is 74.5 Å². The zero-order valence-corrected chi connectivity index (χ0v) is 7.05. The first-order chi connectivity index (χ1) is 5.65. The van der Waals surface area contributed by atoms with Crippen LogP contribution in [0.15, 0.2) is 12.3 Å². The molecule has 0 spiro atoms. The molecule has 1 atom stereocenters. The van der Waals surface area contributed by atoms with Crippen molar-refractivity contribution in [3.8, 4) is 0 Å². The summed E-state index contributed by atoms with van der Waals surface area (Å²) in [4.78, 5) is 3.41. The van der Waals surface area contributed by atoms with Crippen LogP contribution in [-0.4, -0.2) is 11.5 Å². The van der Waals surface area contributed by atoms with Gasteiger partial charge < -0.3 is 11.5 Å². The van der Waals surface area contributed by atoms with Crippen molar-refractivity contribution in [1.29, 1.82) is 0 Å². The molecule has 0 saturated carbocycles. The van der Waals surface area contributed by atoms with Crippen LogP contribution in [0.3, 0.4) is 0 Å². The van der Waals surface area contributed by atoms with Gasteiger partial charge in [0.15, 0.2) is 0 Å². The van der Waals surface area contributed by atoms with E-state index in [2.05, 4.69) is 4.98 Å². The Kier molecular flexibility index (Phi) is 2.97. The third kappa shape index (κ3) is 1.91. The molecule has 3 nitrogen and oxygen atoms in total. The third-order valence-electron chi connectivity index (χ3n) is 1.50. The van der Waals surface area contributed by atoms with Gasteiger partial charge in [0.25, 0.3) is 0 Å². The van der Waals surface area contributed by atoms with E-state index in [-0.39, 0.29) is 17.6 Å². The maximum atomic E-state index is 12.6. The molecule has 0 aliphatic heterocycles. The fourth-order valence-corrected chi connectivity index (χ4v) is 0.950. The largest absolute Gasteiger partial charge is 0.329 e. The smallest absolute Gasteiger partial charge is 0.231 e. The second-order valence-electron chi connectivity index (χ2n) is 2.38. The van der Waals surface area contributed by atoms with E-state index in [9.17, 15) is 4.39 Å². The average Bonchev–Trinajstić information content (AvgIpc) is 2.08. The van der Waals surface area contributed by atoms with Crippen LogP contribution in [0.4, 0.5) is 4.39 Å². The minimum Gasteiger partial charge on any atom is -0.329 e. The van der Waals surface area contributed by atoms with Gasteiger partial charge in [-0.3, -0.25) is 0 Å². The highest BCUT2D eigenvalue weighted by Crippen LogP contribution is 2.16. The van der Waals surface area contributed by atoms with Crippen LogP contribution in [0.25, 0.3) is 0 Å². The second kappa shape index (κ2) is 3.80. The Morgan fingerprint density at radius 3 is 2.83 bits per heavy atom. The lowest BCUT2D eigenvalue weighted by Gasteiger charge is -2.08. The molecule has 0 radical (unpaired) electrons. The monoisotopic (exact) mass is 189 g/mol. The molecular weight excluding hydrogens is 181 g/mol. The summed E-state index contributed by atoms with van der Waals surface area (Å²) in [6.07, 6.45) is 1.33. The van der Waals surface area contributed by atoms with Crippen molar-refractivity contribution in [2.75, 3.05) is 6.54 Å². The normalized spacial score (nSPS) is 13.0. The molecule has 1 aromatic heterocycles. The lowest BCUT2D eigenvalue weighted by molar-refractivity contribution is 0.580. The molecule has 5 heteroatoms. The summed E-state index contributed by atoms with van der Waals surface area (Å²) in [5.41, 5.74) is 11.5. The topological polar surface area (TPSA) is 64.9 Å². The van der Waals surface area contributed by atoms with Crippen LogP contribution in [0, 0.1) is 5.95 Å². The van der Waals surface area contributed by atoms with Gasteiger partial charge in [0, 0.05) is 18.8 Å². The molecule has 1 heterocycles. The van der Waals surface area contributed by atoms with Gasteiger partial charge in [0.1, 0.15) is 0 Å². The Morgan fingerprint density at radius 2 is 2.33 bits per heavy atom. The van der Waals surface area contributed by atoms with Crippen LogP contribution in [0.1, 0.15) is 11.6 Å². The molecule has 0 aromatic carbocycles. The number of aromatic nitrogens is 1. The lowest BCUT2D eigenvalue weighted by Crippen LogP contribution is -2.20. The van der Waals surface area contributed by atoms with Gasteiger partial charge in [0.05, 0.1) is 5.02 Å². The maximum absolute atomic E-state index is 12.6. The molecule has 0 aliphatic rings. The lowest BCUT2D eigenvalue weighted by atomic mass is 10.1. The third-order valence-corrected chi connectivity index (χ3v) is 1.76. The highest BCUT2D eigenvalue weighted by Gasteiger charge is 2.07. The minimum absolute atomic E-state index is 0.0311. The summed E-state index contributed by atoms with van der Waals surface area (Å²) in [7, 11) is 0.